The molecule has 0 spiro atoms. The lowest BCUT2D eigenvalue weighted by Crippen LogP contribution is -2.38. The number of hydrogen-bond acceptors (Lipinski definition) is 5. The fourth-order valence-electron chi connectivity index (χ4n) is 4.71. The molecule has 2 aliphatic heterocycles. The molecule has 0 N–H and O–H groups in total. The predicted octanol–water partition coefficient (Wildman–Crippen LogP) is 5.64. The SMILES string of the molecule is CC1CCN(C(=O)CCCN2C(=O)/C(=C/c3ccccc3OC3CCCCC3)SC2=S)CC1. The molecule has 2 amide bonds. The second kappa shape index (κ2) is 11.5. The number of hydrogen-bond donors (Lipinski definition) is 0. The van der Waals surface area contributed by atoms with Gasteiger partial charge >= 0.3 is 0 Å². The number of para-hydroxylation sites is 1. The van der Waals surface area contributed by atoms with Crippen molar-refractivity contribution in [1.82, 2.24) is 9.80 Å². The zero-order valence-electron chi connectivity index (χ0n) is 19.5. The number of ether oxygens (including phenoxy) is 1. The summed E-state index contributed by atoms with van der Waals surface area (Å²) in [6.45, 7) is 4.43. The Morgan fingerprint density at radius 1 is 1.15 bits per heavy atom. The van der Waals surface area contributed by atoms with E-state index in [-0.39, 0.29) is 17.9 Å². The van der Waals surface area contributed by atoms with E-state index in [1.165, 1.54) is 31.0 Å². The molecule has 3 aliphatic rings. The zero-order valence-corrected chi connectivity index (χ0v) is 21.1. The molecule has 2 saturated heterocycles. The Kier molecular flexibility index (Phi) is 8.47. The molecule has 4 rings (SSSR count). The third-order valence-corrected chi connectivity index (χ3v) is 8.21. The minimum atomic E-state index is -0.0725. The molecule has 7 heteroatoms. The topological polar surface area (TPSA) is 49.9 Å². The lowest BCUT2D eigenvalue weighted by Gasteiger charge is -2.30. The molecule has 0 aromatic heterocycles. The normalized spacial score (nSPS) is 21.8. The van der Waals surface area contributed by atoms with Crippen molar-refractivity contribution >= 4 is 46.2 Å². The number of likely N-dealkylation sites (tertiary alicyclic amines) is 1. The van der Waals surface area contributed by atoms with E-state index in [0.717, 1.165) is 50.1 Å². The summed E-state index contributed by atoms with van der Waals surface area (Å²) in [6.07, 6.45) is 11.3. The molecule has 1 saturated carbocycles. The number of carbonyl (C=O) groups is 2. The first-order chi connectivity index (χ1) is 16.0. The minimum absolute atomic E-state index is 0.0725. The molecule has 0 atom stereocenters. The Bertz CT molecular complexity index is 903. The van der Waals surface area contributed by atoms with Crippen LogP contribution in [0.3, 0.4) is 0 Å². The van der Waals surface area contributed by atoms with Gasteiger partial charge < -0.3 is 9.64 Å². The van der Waals surface area contributed by atoms with Gasteiger partial charge in [0.25, 0.3) is 5.91 Å². The molecule has 0 unspecified atom stereocenters. The minimum Gasteiger partial charge on any atom is -0.490 e. The van der Waals surface area contributed by atoms with Crippen molar-refractivity contribution in [1.29, 1.82) is 0 Å². The second-order valence-electron chi connectivity index (χ2n) is 9.42. The molecule has 2 heterocycles. The summed E-state index contributed by atoms with van der Waals surface area (Å²) >= 11 is 6.83. The highest BCUT2D eigenvalue weighted by Crippen LogP contribution is 2.35. The fourth-order valence-corrected chi connectivity index (χ4v) is 6.01. The molecule has 1 aromatic carbocycles. The van der Waals surface area contributed by atoms with Crippen LogP contribution in [-0.4, -0.2) is 51.7 Å². The van der Waals surface area contributed by atoms with Crippen molar-refractivity contribution in [2.75, 3.05) is 19.6 Å². The number of carbonyl (C=O) groups excluding carboxylic acids is 2. The van der Waals surface area contributed by atoms with Gasteiger partial charge in [0.1, 0.15) is 10.1 Å². The van der Waals surface area contributed by atoms with Gasteiger partial charge in [0.05, 0.1) is 11.0 Å². The third-order valence-electron chi connectivity index (χ3n) is 6.83. The maximum atomic E-state index is 13.0. The van der Waals surface area contributed by atoms with Gasteiger partial charge in [-0.25, -0.2) is 0 Å². The smallest absolute Gasteiger partial charge is 0.266 e. The van der Waals surface area contributed by atoms with Crippen LogP contribution in [0.15, 0.2) is 29.2 Å². The summed E-state index contributed by atoms with van der Waals surface area (Å²) in [5, 5.41) is 0. The molecule has 0 radical (unpaired) electrons. The Hall–Kier alpha value is -1.86. The summed E-state index contributed by atoms with van der Waals surface area (Å²) < 4.78 is 6.85. The van der Waals surface area contributed by atoms with Gasteiger partial charge in [-0.05, 0) is 63.0 Å². The van der Waals surface area contributed by atoms with Gasteiger partial charge in [-0.15, -0.1) is 0 Å². The quantitative estimate of drug-likeness (QED) is 0.369. The van der Waals surface area contributed by atoms with Gasteiger partial charge in [-0.3, -0.25) is 14.5 Å². The lowest BCUT2D eigenvalue weighted by molar-refractivity contribution is -0.133. The Morgan fingerprint density at radius 3 is 2.64 bits per heavy atom. The lowest BCUT2D eigenvalue weighted by atomic mass is 9.97. The maximum Gasteiger partial charge on any atom is 0.266 e. The monoisotopic (exact) mass is 486 g/mol. The van der Waals surface area contributed by atoms with Crippen LogP contribution in [0.25, 0.3) is 6.08 Å². The van der Waals surface area contributed by atoms with E-state index >= 15 is 0 Å². The highest BCUT2D eigenvalue weighted by Gasteiger charge is 2.32. The molecular formula is C26H34N2O3S2. The van der Waals surface area contributed by atoms with Gasteiger partial charge in [0.2, 0.25) is 5.91 Å². The third kappa shape index (κ3) is 6.38. The van der Waals surface area contributed by atoms with E-state index in [4.69, 9.17) is 17.0 Å². The van der Waals surface area contributed by atoms with Crippen LogP contribution in [0, 0.1) is 5.92 Å². The molecule has 5 nitrogen and oxygen atoms in total. The van der Waals surface area contributed by atoms with E-state index in [1.807, 2.05) is 35.2 Å². The van der Waals surface area contributed by atoms with Crippen LogP contribution in [0.2, 0.25) is 0 Å². The first-order valence-electron chi connectivity index (χ1n) is 12.3. The Morgan fingerprint density at radius 2 is 1.88 bits per heavy atom. The van der Waals surface area contributed by atoms with E-state index in [2.05, 4.69) is 6.92 Å². The van der Waals surface area contributed by atoms with Crippen molar-refractivity contribution in [3.05, 3.63) is 34.7 Å². The van der Waals surface area contributed by atoms with Crippen LogP contribution in [-0.2, 0) is 9.59 Å². The van der Waals surface area contributed by atoms with Crippen LogP contribution in [0.5, 0.6) is 5.75 Å². The summed E-state index contributed by atoms with van der Waals surface area (Å²) in [7, 11) is 0. The summed E-state index contributed by atoms with van der Waals surface area (Å²) in [5.74, 6) is 1.65. The molecule has 3 fully saturated rings. The van der Waals surface area contributed by atoms with E-state index < -0.39 is 0 Å². The summed E-state index contributed by atoms with van der Waals surface area (Å²) in [5.41, 5.74) is 0.915. The molecule has 1 aliphatic carbocycles. The average Bonchev–Trinajstić information content (AvgIpc) is 3.08. The highest BCUT2D eigenvalue weighted by atomic mass is 32.2. The van der Waals surface area contributed by atoms with Crippen LogP contribution in [0.4, 0.5) is 0 Å². The Balaban J connectivity index is 1.34. The number of benzene rings is 1. The molecule has 178 valence electrons. The molecular weight excluding hydrogens is 452 g/mol. The highest BCUT2D eigenvalue weighted by molar-refractivity contribution is 8.26. The number of rotatable bonds is 7. The number of piperidine rings is 1. The van der Waals surface area contributed by atoms with E-state index in [1.54, 1.807) is 4.90 Å². The van der Waals surface area contributed by atoms with Crippen LogP contribution < -0.4 is 4.74 Å². The van der Waals surface area contributed by atoms with E-state index in [0.29, 0.717) is 34.5 Å². The number of thioether (sulfide) groups is 1. The van der Waals surface area contributed by atoms with Crippen LogP contribution in [0.1, 0.15) is 70.3 Å². The number of amides is 2. The standard InChI is InChI=1S/C26H34N2O3S2/c1-19-13-16-27(17-14-19)24(29)12-7-15-28-25(30)23(33-26(28)32)18-20-8-5-6-11-22(20)31-21-9-3-2-4-10-21/h5-6,8,11,18-19,21H,2-4,7,9-10,12-17H2,1H3/b23-18-. The second-order valence-corrected chi connectivity index (χ2v) is 11.1. The maximum absolute atomic E-state index is 13.0. The van der Waals surface area contributed by atoms with Crippen molar-refractivity contribution in [2.24, 2.45) is 5.92 Å². The molecule has 33 heavy (non-hydrogen) atoms. The van der Waals surface area contributed by atoms with Crippen LogP contribution >= 0.6 is 24.0 Å². The van der Waals surface area contributed by atoms with Crippen molar-refractivity contribution in [3.8, 4) is 5.75 Å². The number of nitrogens with zero attached hydrogens (tertiary/aromatic N) is 2. The predicted molar refractivity (Wildman–Crippen MR) is 138 cm³/mol. The van der Waals surface area contributed by atoms with Gasteiger partial charge in [0, 0.05) is 31.6 Å². The average molecular weight is 487 g/mol. The van der Waals surface area contributed by atoms with Gasteiger partial charge in [0.15, 0.2) is 0 Å². The van der Waals surface area contributed by atoms with Crippen molar-refractivity contribution in [3.63, 3.8) is 0 Å². The number of thiocarbonyl (C=S) groups is 1. The summed E-state index contributed by atoms with van der Waals surface area (Å²) in [6, 6.07) is 7.91. The Labute approximate surface area is 206 Å². The molecule has 1 aromatic rings. The zero-order chi connectivity index (χ0) is 23.2. The first kappa shape index (κ1) is 24.3. The van der Waals surface area contributed by atoms with Gasteiger partial charge in [-0.2, -0.15) is 0 Å². The molecule has 0 bridgehead atoms. The largest absolute Gasteiger partial charge is 0.490 e. The van der Waals surface area contributed by atoms with E-state index in [9.17, 15) is 9.59 Å². The van der Waals surface area contributed by atoms with Gasteiger partial charge in [-0.1, -0.05) is 55.5 Å². The fraction of sp³-hybridized carbons (Fsp3) is 0.577. The first-order valence-corrected chi connectivity index (χ1v) is 13.5. The van der Waals surface area contributed by atoms with Crippen molar-refractivity contribution < 1.29 is 14.3 Å². The summed E-state index contributed by atoms with van der Waals surface area (Å²) in [4.78, 5) is 29.8. The van der Waals surface area contributed by atoms with Crippen molar-refractivity contribution in [2.45, 2.75) is 70.8 Å².